The van der Waals surface area contributed by atoms with Crippen LogP contribution in [0.4, 0.5) is 14.5 Å². The topological polar surface area (TPSA) is 72.7 Å². The predicted molar refractivity (Wildman–Crippen MR) is 73.7 cm³/mol. The fourth-order valence-corrected chi connectivity index (χ4v) is 2.36. The van der Waals surface area contributed by atoms with E-state index in [0.717, 1.165) is 11.1 Å². The van der Waals surface area contributed by atoms with Crippen LogP contribution in [0.25, 0.3) is 0 Å². The quantitative estimate of drug-likeness (QED) is 0.458. The molecule has 0 spiro atoms. The lowest BCUT2D eigenvalue weighted by Gasteiger charge is -2.28. The highest BCUT2D eigenvalue weighted by Gasteiger charge is 2.22. The van der Waals surface area contributed by atoms with E-state index < -0.39 is 18.0 Å². The number of nitrogens with zero attached hydrogens (tertiary/aromatic N) is 2. The summed E-state index contributed by atoms with van der Waals surface area (Å²) in [5.74, 6) is -0.202. The largest absolute Gasteiger partial charge is 0.375 e. The van der Waals surface area contributed by atoms with Gasteiger partial charge in [-0.05, 0) is 17.5 Å². The van der Waals surface area contributed by atoms with Crippen LogP contribution in [0.5, 0.6) is 0 Å². The predicted octanol–water partition coefficient (Wildman–Crippen LogP) is 2.15. The number of alkyl halides is 2. The van der Waals surface area contributed by atoms with Crippen LogP contribution in [0, 0.1) is 10.1 Å². The van der Waals surface area contributed by atoms with Gasteiger partial charge in [-0.15, -0.1) is 0 Å². The Hall–Kier alpha value is -2.09. The zero-order chi connectivity index (χ0) is 16.1. The number of nitro groups is 1. The Kier molecular flexibility index (Phi) is 5.37. The molecule has 1 aliphatic heterocycles. The van der Waals surface area contributed by atoms with E-state index in [4.69, 9.17) is 0 Å². The zero-order valence-corrected chi connectivity index (χ0v) is 11.8. The number of non-ortho nitro benzene ring substituents is 1. The van der Waals surface area contributed by atoms with Crippen molar-refractivity contribution in [3.05, 3.63) is 39.4 Å². The van der Waals surface area contributed by atoms with E-state index in [0.29, 0.717) is 19.5 Å². The number of hydrogen-bond acceptors (Lipinski definition) is 4. The summed E-state index contributed by atoms with van der Waals surface area (Å²) in [6.45, 7) is 0.0764. The monoisotopic (exact) mass is 314 g/mol. The third-order valence-corrected chi connectivity index (χ3v) is 3.47. The van der Waals surface area contributed by atoms with Gasteiger partial charge in [-0.1, -0.05) is 6.07 Å². The molecule has 2 rings (SSSR count). The van der Waals surface area contributed by atoms with E-state index in [9.17, 15) is 23.7 Å². The molecule has 0 aromatic heterocycles. The van der Waals surface area contributed by atoms with Crippen LogP contribution in [0.15, 0.2) is 18.2 Å². The van der Waals surface area contributed by atoms with Crippen LogP contribution in [-0.4, -0.2) is 41.9 Å². The molecule has 0 unspecified atom stereocenters. The molecule has 0 radical (unpaired) electrons. The first-order valence-electron chi connectivity index (χ1n) is 6.87. The highest BCUT2D eigenvalue weighted by atomic mass is 19.3. The Labute approximate surface area is 125 Å². The summed E-state index contributed by atoms with van der Waals surface area (Å²) in [5, 5.41) is 10.8. The SMILES string of the molecule is O=C(CCOCC(F)F)N1CCc2ccc([N+](=O)[O-])cc2C1. The summed E-state index contributed by atoms with van der Waals surface area (Å²) >= 11 is 0. The van der Waals surface area contributed by atoms with Crippen LogP contribution in [0.2, 0.25) is 0 Å². The molecule has 22 heavy (non-hydrogen) atoms. The molecule has 0 bridgehead atoms. The molecule has 1 aliphatic rings. The second-order valence-corrected chi connectivity index (χ2v) is 4.99. The minimum absolute atomic E-state index is 0.00619. The number of halogens is 2. The number of carbonyl (C=O) groups excluding carboxylic acids is 1. The summed E-state index contributed by atoms with van der Waals surface area (Å²) in [7, 11) is 0. The lowest BCUT2D eigenvalue weighted by atomic mass is 9.99. The summed E-state index contributed by atoms with van der Waals surface area (Å²) in [6.07, 6.45) is -1.90. The van der Waals surface area contributed by atoms with Gasteiger partial charge in [0, 0.05) is 25.2 Å². The van der Waals surface area contributed by atoms with Gasteiger partial charge in [0.25, 0.3) is 12.1 Å². The standard InChI is InChI=1S/C14H16F2N2O4/c15-13(16)9-22-6-4-14(19)17-5-3-10-1-2-12(18(20)21)7-11(10)8-17/h1-2,7,13H,3-6,8-9H2. The average molecular weight is 314 g/mol. The minimum Gasteiger partial charge on any atom is -0.375 e. The Bertz CT molecular complexity index is 566. The second-order valence-electron chi connectivity index (χ2n) is 4.99. The molecule has 0 saturated carbocycles. The first-order valence-corrected chi connectivity index (χ1v) is 6.87. The van der Waals surface area contributed by atoms with Gasteiger partial charge in [0.05, 0.1) is 18.0 Å². The maximum absolute atomic E-state index is 12.0. The van der Waals surface area contributed by atoms with Crippen molar-refractivity contribution in [2.75, 3.05) is 19.8 Å². The maximum Gasteiger partial charge on any atom is 0.269 e. The lowest BCUT2D eigenvalue weighted by molar-refractivity contribution is -0.385. The minimum atomic E-state index is -2.54. The van der Waals surface area contributed by atoms with Crippen LogP contribution in [0.1, 0.15) is 17.5 Å². The third-order valence-electron chi connectivity index (χ3n) is 3.47. The molecule has 1 aromatic carbocycles. The molecule has 1 amide bonds. The van der Waals surface area contributed by atoms with Gasteiger partial charge in [0.2, 0.25) is 5.91 Å². The Morgan fingerprint density at radius 2 is 2.18 bits per heavy atom. The zero-order valence-electron chi connectivity index (χ0n) is 11.8. The number of carbonyl (C=O) groups is 1. The van der Waals surface area contributed by atoms with Crippen LogP contribution < -0.4 is 0 Å². The molecule has 6 nitrogen and oxygen atoms in total. The first-order chi connectivity index (χ1) is 10.5. The molecule has 120 valence electrons. The third kappa shape index (κ3) is 4.20. The van der Waals surface area contributed by atoms with Gasteiger partial charge in [-0.25, -0.2) is 8.78 Å². The fourth-order valence-electron chi connectivity index (χ4n) is 2.36. The first kappa shape index (κ1) is 16.3. The van der Waals surface area contributed by atoms with Crippen molar-refractivity contribution in [3.8, 4) is 0 Å². The smallest absolute Gasteiger partial charge is 0.269 e. The number of rotatable bonds is 6. The van der Waals surface area contributed by atoms with Crippen molar-refractivity contribution < 1.29 is 23.2 Å². The number of hydrogen-bond donors (Lipinski definition) is 0. The number of amides is 1. The van der Waals surface area contributed by atoms with Crippen molar-refractivity contribution in [2.45, 2.75) is 25.8 Å². The summed E-state index contributed by atoms with van der Waals surface area (Å²) in [5.41, 5.74) is 1.74. The van der Waals surface area contributed by atoms with E-state index in [1.165, 1.54) is 12.1 Å². The van der Waals surface area contributed by atoms with Crippen molar-refractivity contribution in [3.63, 3.8) is 0 Å². The fraction of sp³-hybridized carbons (Fsp3) is 0.500. The molecule has 8 heteroatoms. The van der Waals surface area contributed by atoms with E-state index in [2.05, 4.69) is 4.74 Å². The highest BCUT2D eigenvalue weighted by Crippen LogP contribution is 2.24. The number of nitro benzene ring substituents is 1. The van der Waals surface area contributed by atoms with Gasteiger partial charge >= 0.3 is 0 Å². The molecule has 0 atom stereocenters. The van der Waals surface area contributed by atoms with Gasteiger partial charge in [0.15, 0.2) is 0 Å². The average Bonchev–Trinajstić information content (AvgIpc) is 2.50. The van der Waals surface area contributed by atoms with Crippen molar-refractivity contribution in [2.24, 2.45) is 0 Å². The van der Waals surface area contributed by atoms with Crippen molar-refractivity contribution in [1.29, 1.82) is 0 Å². The van der Waals surface area contributed by atoms with E-state index in [1.54, 1.807) is 11.0 Å². The Morgan fingerprint density at radius 3 is 2.86 bits per heavy atom. The molecule has 0 aliphatic carbocycles. The van der Waals surface area contributed by atoms with Crippen LogP contribution in [-0.2, 0) is 22.5 Å². The van der Waals surface area contributed by atoms with Crippen LogP contribution >= 0.6 is 0 Å². The molecule has 1 heterocycles. The number of fused-ring (bicyclic) bond motifs is 1. The maximum atomic E-state index is 12.0. The summed E-state index contributed by atoms with van der Waals surface area (Å²) < 4.78 is 28.5. The highest BCUT2D eigenvalue weighted by molar-refractivity contribution is 5.76. The van der Waals surface area contributed by atoms with E-state index >= 15 is 0 Å². The van der Waals surface area contributed by atoms with Crippen molar-refractivity contribution >= 4 is 11.6 Å². The van der Waals surface area contributed by atoms with Gasteiger partial charge in [0.1, 0.15) is 6.61 Å². The molecular formula is C14H16F2N2O4. The summed E-state index contributed by atoms with van der Waals surface area (Å²) in [6, 6.07) is 4.64. The molecule has 1 aromatic rings. The van der Waals surface area contributed by atoms with E-state index in [-0.39, 0.29) is 24.6 Å². The Morgan fingerprint density at radius 1 is 1.41 bits per heavy atom. The van der Waals surface area contributed by atoms with Crippen LogP contribution in [0.3, 0.4) is 0 Å². The number of benzene rings is 1. The normalized spacial score (nSPS) is 14.0. The lowest BCUT2D eigenvalue weighted by Crippen LogP contribution is -2.36. The van der Waals surface area contributed by atoms with Gasteiger partial charge in [-0.2, -0.15) is 0 Å². The van der Waals surface area contributed by atoms with E-state index in [1.807, 2.05) is 0 Å². The summed E-state index contributed by atoms with van der Waals surface area (Å²) in [4.78, 5) is 23.9. The molecule has 0 fully saturated rings. The van der Waals surface area contributed by atoms with Gasteiger partial charge in [-0.3, -0.25) is 14.9 Å². The molecular weight excluding hydrogens is 298 g/mol. The van der Waals surface area contributed by atoms with Crippen molar-refractivity contribution in [1.82, 2.24) is 4.90 Å². The molecule has 0 N–H and O–H groups in total. The molecule has 0 saturated heterocycles. The number of ether oxygens (including phenoxy) is 1. The van der Waals surface area contributed by atoms with Gasteiger partial charge < -0.3 is 9.64 Å². The Balaban J connectivity index is 1.91. The second kappa shape index (κ2) is 7.26.